The van der Waals surface area contributed by atoms with Crippen LogP contribution in [0.1, 0.15) is 22.5 Å². The first-order valence-corrected chi connectivity index (χ1v) is 7.23. The second kappa shape index (κ2) is 8.25. The number of sulfonamides is 1. The summed E-state index contributed by atoms with van der Waals surface area (Å²) in [5, 5.41) is 2.63. The molecule has 1 heterocycles. The molecule has 0 aromatic carbocycles. The zero-order valence-corrected chi connectivity index (χ0v) is 13.2. The van der Waals surface area contributed by atoms with Gasteiger partial charge in [-0.15, -0.1) is 12.4 Å². The van der Waals surface area contributed by atoms with Crippen LogP contribution in [-0.4, -0.2) is 41.6 Å². The molecule has 0 saturated carbocycles. The minimum Gasteiger partial charge on any atom is -0.465 e. The molecule has 1 aromatic heterocycles. The van der Waals surface area contributed by atoms with E-state index in [0.717, 1.165) is 0 Å². The van der Waals surface area contributed by atoms with Crippen molar-refractivity contribution in [3.05, 3.63) is 17.4 Å². The average Bonchev–Trinajstić information content (AvgIpc) is 2.77. The molecule has 0 saturated heterocycles. The number of nitrogens with one attached hydrogen (secondary N) is 2. The largest absolute Gasteiger partial charge is 0.465 e. The predicted octanol–water partition coefficient (Wildman–Crippen LogP) is 0.684. The molecule has 7 nitrogen and oxygen atoms in total. The lowest BCUT2D eigenvalue weighted by atomic mass is 10.3. The maximum absolute atomic E-state index is 11.9. The van der Waals surface area contributed by atoms with E-state index in [4.69, 9.17) is 4.42 Å². The van der Waals surface area contributed by atoms with Gasteiger partial charge >= 0.3 is 5.97 Å². The summed E-state index contributed by atoms with van der Waals surface area (Å²) in [4.78, 5) is 11.4. The number of methoxy groups -OCH3 is 1. The molecule has 9 heteroatoms. The van der Waals surface area contributed by atoms with Crippen molar-refractivity contribution in [1.82, 2.24) is 10.0 Å². The van der Waals surface area contributed by atoms with E-state index in [2.05, 4.69) is 14.8 Å². The second-order valence-corrected chi connectivity index (χ2v) is 5.58. The van der Waals surface area contributed by atoms with Crippen LogP contribution in [0.25, 0.3) is 0 Å². The second-order valence-electron chi connectivity index (χ2n) is 3.88. The lowest BCUT2D eigenvalue weighted by Gasteiger charge is -2.03. The van der Waals surface area contributed by atoms with Crippen molar-refractivity contribution in [2.24, 2.45) is 0 Å². The van der Waals surface area contributed by atoms with Gasteiger partial charge < -0.3 is 14.5 Å². The quantitative estimate of drug-likeness (QED) is 0.565. The van der Waals surface area contributed by atoms with Gasteiger partial charge in [-0.25, -0.2) is 17.9 Å². The number of ether oxygens (including phenoxy) is 1. The summed E-state index contributed by atoms with van der Waals surface area (Å²) in [6.45, 7) is 2.50. The van der Waals surface area contributed by atoms with E-state index >= 15 is 0 Å². The highest BCUT2D eigenvalue weighted by Gasteiger charge is 2.23. The van der Waals surface area contributed by atoms with E-state index in [-0.39, 0.29) is 35.4 Å². The summed E-state index contributed by atoms with van der Waals surface area (Å²) in [5.41, 5.74) is 0.109. The van der Waals surface area contributed by atoms with Gasteiger partial charge in [0.25, 0.3) is 10.0 Å². The summed E-state index contributed by atoms with van der Waals surface area (Å²) in [5.74, 6) is -0.416. The molecule has 0 spiro atoms. The smallest absolute Gasteiger partial charge is 0.341 e. The normalized spacial score (nSPS) is 10.9. The van der Waals surface area contributed by atoms with Crippen LogP contribution in [0.15, 0.2) is 15.6 Å². The fourth-order valence-corrected chi connectivity index (χ4v) is 2.51. The highest BCUT2D eigenvalue weighted by atomic mass is 35.5. The molecular weight excluding hydrogens is 308 g/mol. The van der Waals surface area contributed by atoms with Gasteiger partial charge in [0.1, 0.15) is 11.3 Å². The van der Waals surface area contributed by atoms with Crippen LogP contribution < -0.4 is 10.0 Å². The first-order chi connectivity index (χ1) is 8.92. The fraction of sp³-hybridized carbons (Fsp3) is 0.545. The molecule has 1 aromatic rings. The number of halogens is 1. The maximum atomic E-state index is 11.9. The Hall–Kier alpha value is -1.09. The standard InChI is InChI=1S/C11H18N2O5S.ClH/c1-8-9(11(14)17-3)7-10(18-8)19(15,16)13-6-4-5-12-2;/h7,12-13H,4-6H2,1-3H3;1H. The Kier molecular flexibility index (Phi) is 7.80. The van der Waals surface area contributed by atoms with Gasteiger partial charge in [-0.3, -0.25) is 0 Å². The van der Waals surface area contributed by atoms with E-state index < -0.39 is 16.0 Å². The van der Waals surface area contributed by atoms with Crippen molar-refractivity contribution in [2.45, 2.75) is 18.4 Å². The predicted molar refractivity (Wildman–Crippen MR) is 75.8 cm³/mol. The third-order valence-corrected chi connectivity index (χ3v) is 3.78. The van der Waals surface area contributed by atoms with Crippen LogP contribution in [-0.2, 0) is 14.8 Å². The summed E-state index contributed by atoms with van der Waals surface area (Å²) >= 11 is 0. The summed E-state index contributed by atoms with van der Waals surface area (Å²) < 4.78 is 35.8. The van der Waals surface area contributed by atoms with Crippen LogP contribution >= 0.6 is 12.4 Å². The molecule has 0 aliphatic rings. The Balaban J connectivity index is 0.00000361. The van der Waals surface area contributed by atoms with Gasteiger partial charge in [-0.2, -0.15) is 0 Å². The van der Waals surface area contributed by atoms with Crippen LogP contribution in [0.2, 0.25) is 0 Å². The van der Waals surface area contributed by atoms with Crippen molar-refractivity contribution in [3.63, 3.8) is 0 Å². The van der Waals surface area contributed by atoms with Crippen LogP contribution in [0.5, 0.6) is 0 Å². The van der Waals surface area contributed by atoms with Gasteiger partial charge in [0.2, 0.25) is 5.09 Å². The van der Waals surface area contributed by atoms with Crippen molar-refractivity contribution in [3.8, 4) is 0 Å². The van der Waals surface area contributed by atoms with Crippen molar-refractivity contribution >= 4 is 28.4 Å². The molecule has 20 heavy (non-hydrogen) atoms. The molecule has 1 rings (SSSR count). The third kappa shape index (κ3) is 4.78. The molecule has 0 bridgehead atoms. The molecule has 0 aliphatic heterocycles. The fourth-order valence-electron chi connectivity index (χ4n) is 1.44. The monoisotopic (exact) mass is 326 g/mol. The molecule has 0 fully saturated rings. The summed E-state index contributed by atoms with van der Waals surface area (Å²) in [6.07, 6.45) is 0.652. The van der Waals surface area contributed by atoms with Crippen molar-refractivity contribution in [1.29, 1.82) is 0 Å². The number of rotatable bonds is 7. The van der Waals surface area contributed by atoms with Crippen LogP contribution in [0.4, 0.5) is 0 Å². The topological polar surface area (TPSA) is 97.6 Å². The number of hydrogen-bond donors (Lipinski definition) is 2. The summed E-state index contributed by atoms with van der Waals surface area (Å²) in [6, 6.07) is 1.17. The van der Waals surface area contributed by atoms with E-state index in [0.29, 0.717) is 13.0 Å². The molecule has 0 atom stereocenters. The molecule has 116 valence electrons. The third-order valence-electron chi connectivity index (χ3n) is 2.46. The van der Waals surface area contributed by atoms with E-state index in [9.17, 15) is 13.2 Å². The van der Waals surface area contributed by atoms with Crippen LogP contribution in [0, 0.1) is 6.92 Å². The van der Waals surface area contributed by atoms with Gasteiger partial charge in [0.15, 0.2) is 0 Å². The van der Waals surface area contributed by atoms with Crippen molar-refractivity contribution in [2.75, 3.05) is 27.2 Å². The number of hydrogen-bond acceptors (Lipinski definition) is 6. The number of esters is 1. The Morgan fingerprint density at radius 1 is 1.40 bits per heavy atom. The first-order valence-electron chi connectivity index (χ1n) is 5.75. The Morgan fingerprint density at radius 2 is 2.05 bits per heavy atom. The number of furan rings is 1. The molecule has 0 aliphatic carbocycles. The number of carbonyl (C=O) groups excluding carboxylic acids is 1. The molecule has 2 N–H and O–H groups in total. The molecule has 0 amide bonds. The van der Waals surface area contributed by atoms with E-state index in [1.807, 2.05) is 0 Å². The van der Waals surface area contributed by atoms with Gasteiger partial charge in [-0.1, -0.05) is 0 Å². The maximum Gasteiger partial charge on any atom is 0.341 e. The first kappa shape index (κ1) is 18.9. The van der Waals surface area contributed by atoms with E-state index in [1.165, 1.54) is 20.1 Å². The lowest BCUT2D eigenvalue weighted by molar-refractivity contribution is 0.0599. The minimum atomic E-state index is -3.74. The highest BCUT2D eigenvalue weighted by Crippen LogP contribution is 2.19. The Morgan fingerprint density at radius 3 is 2.60 bits per heavy atom. The zero-order valence-electron chi connectivity index (χ0n) is 11.6. The Bertz CT molecular complexity index is 541. The number of carbonyl (C=O) groups is 1. The van der Waals surface area contributed by atoms with Gasteiger partial charge in [0, 0.05) is 12.6 Å². The van der Waals surface area contributed by atoms with E-state index in [1.54, 1.807) is 7.05 Å². The highest BCUT2D eigenvalue weighted by molar-refractivity contribution is 7.89. The zero-order chi connectivity index (χ0) is 14.5. The summed E-state index contributed by atoms with van der Waals surface area (Å²) in [7, 11) is -0.730. The van der Waals surface area contributed by atoms with Gasteiger partial charge in [0.05, 0.1) is 7.11 Å². The lowest BCUT2D eigenvalue weighted by Crippen LogP contribution is -2.26. The number of aryl methyl sites for hydroxylation is 1. The van der Waals surface area contributed by atoms with Crippen LogP contribution in [0.3, 0.4) is 0 Å². The SMILES string of the molecule is CNCCCNS(=O)(=O)c1cc(C(=O)OC)c(C)o1.Cl. The average molecular weight is 327 g/mol. The van der Waals surface area contributed by atoms with Crippen molar-refractivity contribution < 1.29 is 22.4 Å². The minimum absolute atomic E-state index is 0. The van der Waals surface area contributed by atoms with Gasteiger partial charge in [-0.05, 0) is 26.9 Å². The molecule has 0 unspecified atom stereocenters. The Labute approximate surface area is 124 Å². The molecular formula is C11H19ClN2O5S. The molecule has 0 radical (unpaired) electrons.